The lowest BCUT2D eigenvalue weighted by molar-refractivity contribution is 0.185. The summed E-state index contributed by atoms with van der Waals surface area (Å²) in [6.45, 7) is 3.74. The van der Waals surface area contributed by atoms with Gasteiger partial charge in [-0.05, 0) is 43.7 Å². The van der Waals surface area contributed by atoms with Gasteiger partial charge in [-0.15, -0.1) is 0 Å². The van der Waals surface area contributed by atoms with Crippen LogP contribution in [0.4, 0.5) is 4.79 Å². The number of urea groups is 1. The van der Waals surface area contributed by atoms with Crippen molar-refractivity contribution >= 4 is 6.03 Å². The lowest BCUT2D eigenvalue weighted by Gasteiger charge is -2.32. The molecule has 1 aromatic rings. The normalized spacial score (nSPS) is 20.0. The number of nitrogens with one attached hydrogen (secondary N) is 2. The molecule has 1 aliphatic carbocycles. The van der Waals surface area contributed by atoms with Crippen LogP contribution in [-0.2, 0) is 6.54 Å². The van der Waals surface area contributed by atoms with Crippen LogP contribution in [0.2, 0.25) is 0 Å². The minimum atomic E-state index is 0.0109. The highest BCUT2D eigenvalue weighted by atomic mass is 16.2. The number of hydrogen-bond donors (Lipinski definition) is 2. The fraction of sp³-hybridized carbons (Fsp3) is 0.714. The van der Waals surface area contributed by atoms with E-state index < -0.39 is 0 Å². The molecule has 0 radical (unpaired) electrons. The molecule has 26 heavy (non-hydrogen) atoms. The van der Waals surface area contributed by atoms with Gasteiger partial charge < -0.3 is 10.6 Å². The van der Waals surface area contributed by atoms with Gasteiger partial charge in [0.15, 0.2) is 0 Å². The second kappa shape index (κ2) is 10.5. The summed E-state index contributed by atoms with van der Waals surface area (Å²) in [5.41, 5.74) is 1.12. The molecule has 5 heteroatoms. The summed E-state index contributed by atoms with van der Waals surface area (Å²) >= 11 is 0. The maximum Gasteiger partial charge on any atom is 0.315 e. The van der Waals surface area contributed by atoms with Crippen molar-refractivity contribution in [3.8, 4) is 0 Å². The Morgan fingerprint density at radius 2 is 1.92 bits per heavy atom. The first-order valence-corrected chi connectivity index (χ1v) is 10.5. The summed E-state index contributed by atoms with van der Waals surface area (Å²) in [6.07, 6.45) is 13.3. The SMILES string of the molecule is O=C(NCCCC1CCCCC1)NC1CCN(Cc2ccccn2)CC1. The van der Waals surface area contributed by atoms with E-state index in [1.54, 1.807) is 0 Å². The molecular formula is C21H34N4O. The fourth-order valence-corrected chi connectivity index (χ4v) is 4.26. The largest absolute Gasteiger partial charge is 0.338 e. The van der Waals surface area contributed by atoms with E-state index in [2.05, 4.69) is 26.6 Å². The first-order valence-electron chi connectivity index (χ1n) is 10.5. The Balaban J connectivity index is 1.25. The highest BCUT2D eigenvalue weighted by Crippen LogP contribution is 2.26. The molecule has 0 bridgehead atoms. The molecule has 144 valence electrons. The molecule has 0 spiro atoms. The summed E-state index contributed by atoms with van der Waals surface area (Å²) in [4.78, 5) is 18.9. The molecule has 1 aliphatic heterocycles. The minimum Gasteiger partial charge on any atom is -0.338 e. The smallest absolute Gasteiger partial charge is 0.315 e. The topological polar surface area (TPSA) is 57.3 Å². The second-order valence-electron chi connectivity index (χ2n) is 7.92. The maximum atomic E-state index is 12.1. The van der Waals surface area contributed by atoms with Crippen molar-refractivity contribution in [3.63, 3.8) is 0 Å². The quantitative estimate of drug-likeness (QED) is 0.731. The van der Waals surface area contributed by atoms with Crippen LogP contribution in [-0.4, -0.2) is 41.6 Å². The van der Waals surface area contributed by atoms with Crippen LogP contribution in [0.1, 0.15) is 63.5 Å². The molecule has 0 atom stereocenters. The number of amides is 2. The molecule has 1 saturated heterocycles. The molecule has 1 saturated carbocycles. The molecule has 0 unspecified atom stereocenters. The van der Waals surface area contributed by atoms with Crippen molar-refractivity contribution in [2.45, 2.75) is 70.4 Å². The van der Waals surface area contributed by atoms with Crippen molar-refractivity contribution in [2.75, 3.05) is 19.6 Å². The van der Waals surface area contributed by atoms with Crippen LogP contribution in [0.5, 0.6) is 0 Å². The van der Waals surface area contributed by atoms with Crippen molar-refractivity contribution in [1.29, 1.82) is 0 Å². The Morgan fingerprint density at radius 1 is 1.12 bits per heavy atom. The minimum absolute atomic E-state index is 0.0109. The van der Waals surface area contributed by atoms with Crippen molar-refractivity contribution in [3.05, 3.63) is 30.1 Å². The Hall–Kier alpha value is -1.62. The monoisotopic (exact) mass is 358 g/mol. The maximum absolute atomic E-state index is 12.1. The molecule has 0 aromatic carbocycles. The predicted octanol–water partition coefficient (Wildman–Crippen LogP) is 3.71. The highest BCUT2D eigenvalue weighted by molar-refractivity contribution is 5.74. The van der Waals surface area contributed by atoms with Crippen LogP contribution < -0.4 is 10.6 Å². The van der Waals surface area contributed by atoms with Crippen LogP contribution in [0.15, 0.2) is 24.4 Å². The van der Waals surface area contributed by atoms with Gasteiger partial charge in [-0.1, -0.05) is 38.2 Å². The molecule has 3 rings (SSSR count). The Bertz CT molecular complexity index is 522. The van der Waals surface area contributed by atoms with Gasteiger partial charge in [0, 0.05) is 38.4 Å². The third-order valence-electron chi connectivity index (χ3n) is 5.83. The number of rotatable bonds is 7. The third kappa shape index (κ3) is 6.60. The first-order chi connectivity index (χ1) is 12.8. The summed E-state index contributed by atoms with van der Waals surface area (Å²) < 4.78 is 0. The number of carbonyl (C=O) groups excluding carboxylic acids is 1. The molecule has 2 heterocycles. The van der Waals surface area contributed by atoms with Crippen molar-refractivity contribution < 1.29 is 4.79 Å². The molecular weight excluding hydrogens is 324 g/mol. The average molecular weight is 359 g/mol. The number of likely N-dealkylation sites (tertiary alicyclic amines) is 1. The van der Waals surface area contributed by atoms with Gasteiger partial charge in [0.1, 0.15) is 0 Å². The van der Waals surface area contributed by atoms with Gasteiger partial charge in [-0.2, -0.15) is 0 Å². The van der Waals surface area contributed by atoms with E-state index in [9.17, 15) is 4.79 Å². The number of carbonyl (C=O) groups is 1. The summed E-state index contributed by atoms with van der Waals surface area (Å²) in [6, 6.07) is 6.37. The van der Waals surface area contributed by atoms with Gasteiger partial charge in [0.25, 0.3) is 0 Å². The first kappa shape index (κ1) is 19.2. The molecule has 2 aliphatic rings. The third-order valence-corrected chi connectivity index (χ3v) is 5.83. The number of hydrogen-bond acceptors (Lipinski definition) is 3. The van der Waals surface area contributed by atoms with E-state index in [1.807, 2.05) is 18.3 Å². The van der Waals surface area contributed by atoms with Gasteiger partial charge in [0.2, 0.25) is 0 Å². The average Bonchev–Trinajstić information content (AvgIpc) is 2.68. The van der Waals surface area contributed by atoms with E-state index in [0.717, 1.165) is 57.1 Å². The standard InChI is InChI=1S/C21H34N4O/c26-21(23-14-6-9-18-7-2-1-3-8-18)24-19-11-15-25(16-12-19)17-20-10-4-5-13-22-20/h4-5,10,13,18-19H,1-3,6-9,11-12,14-17H2,(H2,23,24,26). The van der Waals surface area contributed by atoms with E-state index in [4.69, 9.17) is 0 Å². The zero-order valence-corrected chi connectivity index (χ0v) is 16.0. The zero-order chi connectivity index (χ0) is 18.0. The predicted molar refractivity (Wildman–Crippen MR) is 105 cm³/mol. The number of pyridine rings is 1. The number of aromatic nitrogens is 1. The lowest BCUT2D eigenvalue weighted by atomic mass is 9.86. The summed E-state index contributed by atoms with van der Waals surface area (Å²) in [5, 5.41) is 6.20. The Morgan fingerprint density at radius 3 is 2.65 bits per heavy atom. The van der Waals surface area contributed by atoms with E-state index >= 15 is 0 Å². The van der Waals surface area contributed by atoms with E-state index in [1.165, 1.54) is 38.5 Å². The molecule has 2 N–H and O–H groups in total. The van der Waals surface area contributed by atoms with Gasteiger partial charge in [-0.3, -0.25) is 9.88 Å². The van der Waals surface area contributed by atoms with Crippen LogP contribution in [0, 0.1) is 5.92 Å². The number of nitrogens with zero attached hydrogens (tertiary/aromatic N) is 2. The molecule has 2 fully saturated rings. The Labute approximate surface area is 157 Å². The van der Waals surface area contributed by atoms with Gasteiger partial charge in [-0.25, -0.2) is 4.79 Å². The van der Waals surface area contributed by atoms with Crippen molar-refractivity contribution in [2.24, 2.45) is 5.92 Å². The van der Waals surface area contributed by atoms with Crippen LogP contribution in [0.3, 0.4) is 0 Å². The van der Waals surface area contributed by atoms with Crippen LogP contribution in [0.25, 0.3) is 0 Å². The molecule has 2 amide bonds. The van der Waals surface area contributed by atoms with Crippen molar-refractivity contribution in [1.82, 2.24) is 20.5 Å². The van der Waals surface area contributed by atoms with E-state index in [-0.39, 0.29) is 6.03 Å². The molecule has 1 aromatic heterocycles. The summed E-state index contributed by atoms with van der Waals surface area (Å²) in [7, 11) is 0. The van der Waals surface area contributed by atoms with Gasteiger partial charge >= 0.3 is 6.03 Å². The summed E-state index contributed by atoms with van der Waals surface area (Å²) in [5.74, 6) is 0.900. The van der Waals surface area contributed by atoms with Crippen LogP contribution >= 0.6 is 0 Å². The second-order valence-corrected chi connectivity index (χ2v) is 7.92. The number of piperidine rings is 1. The molecule has 5 nitrogen and oxygen atoms in total. The van der Waals surface area contributed by atoms with Gasteiger partial charge in [0.05, 0.1) is 5.69 Å². The zero-order valence-electron chi connectivity index (χ0n) is 16.0. The highest BCUT2D eigenvalue weighted by Gasteiger charge is 2.21. The Kier molecular flexibility index (Phi) is 7.74. The lowest BCUT2D eigenvalue weighted by Crippen LogP contribution is -2.47. The van der Waals surface area contributed by atoms with E-state index in [0.29, 0.717) is 6.04 Å². The fourth-order valence-electron chi connectivity index (χ4n) is 4.26.